The molecule has 0 bridgehead atoms. The predicted octanol–water partition coefficient (Wildman–Crippen LogP) is 8.77. The van der Waals surface area contributed by atoms with Crippen molar-refractivity contribution >= 4 is 11.9 Å². The topological polar surface area (TPSA) is 52.6 Å². The van der Waals surface area contributed by atoms with E-state index >= 15 is 0 Å². The van der Waals surface area contributed by atoms with Crippen LogP contribution in [0.5, 0.6) is 0 Å². The summed E-state index contributed by atoms with van der Waals surface area (Å²) in [5.74, 6) is 0.292. The fourth-order valence-electron chi connectivity index (χ4n) is 4.08. The van der Waals surface area contributed by atoms with Crippen LogP contribution in [0.2, 0.25) is 0 Å². The van der Waals surface area contributed by atoms with E-state index < -0.39 is 11.9 Å². The SMILES string of the molecule is CCCCCC(CCC(C)C)OC(=O)c1ccccc1C(=O)OC(CCCCC)CCC(C)C. The van der Waals surface area contributed by atoms with Gasteiger partial charge in [-0.2, -0.15) is 0 Å². The van der Waals surface area contributed by atoms with E-state index in [2.05, 4.69) is 41.5 Å². The molecule has 0 amide bonds. The Morgan fingerprint density at radius 2 is 1.00 bits per heavy atom. The van der Waals surface area contributed by atoms with Crippen molar-refractivity contribution in [1.29, 1.82) is 0 Å². The highest BCUT2D eigenvalue weighted by atomic mass is 16.5. The first kappa shape index (κ1) is 30.2. The van der Waals surface area contributed by atoms with Crippen molar-refractivity contribution < 1.29 is 19.1 Å². The lowest BCUT2D eigenvalue weighted by molar-refractivity contribution is 0.0195. The maximum absolute atomic E-state index is 13.1. The van der Waals surface area contributed by atoms with E-state index in [1.165, 1.54) is 0 Å². The molecule has 0 aliphatic carbocycles. The summed E-state index contributed by atoms with van der Waals surface area (Å²) < 4.78 is 11.9. The number of carbonyl (C=O) groups excluding carboxylic acids is 2. The molecule has 4 heteroatoms. The lowest BCUT2D eigenvalue weighted by atomic mass is 10.0. The van der Waals surface area contributed by atoms with Crippen LogP contribution in [-0.4, -0.2) is 24.1 Å². The zero-order valence-electron chi connectivity index (χ0n) is 22.7. The molecule has 0 heterocycles. The van der Waals surface area contributed by atoms with Crippen LogP contribution in [0.4, 0.5) is 0 Å². The summed E-state index contributed by atoms with van der Waals surface area (Å²) in [7, 11) is 0. The largest absolute Gasteiger partial charge is 0.459 e. The highest BCUT2D eigenvalue weighted by Crippen LogP contribution is 2.22. The van der Waals surface area contributed by atoms with Gasteiger partial charge in [-0.05, 0) is 75.3 Å². The van der Waals surface area contributed by atoms with Gasteiger partial charge in [0.15, 0.2) is 0 Å². The second-order valence-corrected chi connectivity index (χ2v) is 10.5. The highest BCUT2D eigenvalue weighted by Gasteiger charge is 2.24. The van der Waals surface area contributed by atoms with Crippen LogP contribution in [-0.2, 0) is 9.47 Å². The number of esters is 2. The van der Waals surface area contributed by atoms with Gasteiger partial charge in [0, 0.05) is 0 Å². The number of hydrogen-bond acceptors (Lipinski definition) is 4. The minimum Gasteiger partial charge on any atom is -0.459 e. The van der Waals surface area contributed by atoms with Crippen LogP contribution < -0.4 is 0 Å². The van der Waals surface area contributed by atoms with Crippen LogP contribution in [0.1, 0.15) is 139 Å². The first-order valence-electron chi connectivity index (χ1n) is 13.8. The molecule has 0 spiro atoms. The fourth-order valence-corrected chi connectivity index (χ4v) is 4.08. The minimum absolute atomic E-state index is 0.113. The molecule has 0 radical (unpaired) electrons. The predicted molar refractivity (Wildman–Crippen MR) is 141 cm³/mol. The molecule has 34 heavy (non-hydrogen) atoms. The Morgan fingerprint density at radius 3 is 1.32 bits per heavy atom. The zero-order chi connectivity index (χ0) is 25.3. The van der Waals surface area contributed by atoms with Crippen molar-refractivity contribution in [3.05, 3.63) is 35.4 Å². The lowest BCUT2D eigenvalue weighted by Crippen LogP contribution is -2.23. The van der Waals surface area contributed by atoms with Crippen molar-refractivity contribution in [2.75, 3.05) is 0 Å². The smallest absolute Gasteiger partial charge is 0.339 e. The molecule has 1 aromatic rings. The molecular formula is C30H50O4. The van der Waals surface area contributed by atoms with Crippen molar-refractivity contribution in [2.45, 2.75) is 131 Å². The van der Waals surface area contributed by atoms with Gasteiger partial charge in [0.25, 0.3) is 0 Å². The normalized spacial score (nSPS) is 13.2. The number of rotatable bonds is 18. The Labute approximate surface area is 209 Å². The molecule has 1 rings (SSSR count). The molecule has 194 valence electrons. The number of hydrogen-bond donors (Lipinski definition) is 0. The third kappa shape index (κ3) is 12.6. The molecule has 4 nitrogen and oxygen atoms in total. The molecule has 0 saturated heterocycles. The number of unbranched alkanes of at least 4 members (excludes halogenated alkanes) is 4. The van der Waals surface area contributed by atoms with E-state index in [0.717, 1.165) is 77.0 Å². The Hall–Kier alpha value is -1.84. The molecule has 2 unspecified atom stereocenters. The number of ether oxygens (including phenoxy) is 2. The van der Waals surface area contributed by atoms with Crippen LogP contribution in [0.15, 0.2) is 24.3 Å². The molecule has 0 aliphatic rings. The van der Waals surface area contributed by atoms with Gasteiger partial charge < -0.3 is 9.47 Å². The quantitative estimate of drug-likeness (QED) is 0.158. The molecule has 1 aromatic carbocycles. The van der Waals surface area contributed by atoms with Gasteiger partial charge in [0.1, 0.15) is 12.2 Å². The Kier molecular flexibility index (Phi) is 15.6. The fraction of sp³-hybridized carbons (Fsp3) is 0.733. The van der Waals surface area contributed by atoms with Crippen LogP contribution >= 0.6 is 0 Å². The van der Waals surface area contributed by atoms with Crippen LogP contribution in [0.25, 0.3) is 0 Å². The van der Waals surface area contributed by atoms with Gasteiger partial charge in [-0.1, -0.05) is 79.4 Å². The van der Waals surface area contributed by atoms with Crippen LogP contribution in [0, 0.1) is 11.8 Å². The summed E-state index contributed by atoms with van der Waals surface area (Å²) in [5.41, 5.74) is 0.627. The highest BCUT2D eigenvalue weighted by molar-refractivity contribution is 6.03. The van der Waals surface area contributed by atoms with E-state index in [-0.39, 0.29) is 12.2 Å². The third-order valence-electron chi connectivity index (χ3n) is 6.31. The van der Waals surface area contributed by atoms with E-state index in [4.69, 9.17) is 9.47 Å². The summed E-state index contributed by atoms with van der Waals surface area (Å²) in [6.07, 6.45) is 11.9. The molecular weight excluding hydrogens is 424 g/mol. The van der Waals surface area contributed by atoms with E-state index in [9.17, 15) is 9.59 Å². The second kappa shape index (κ2) is 17.6. The summed E-state index contributed by atoms with van der Waals surface area (Å²) >= 11 is 0. The maximum Gasteiger partial charge on any atom is 0.339 e. The first-order valence-corrected chi connectivity index (χ1v) is 13.8. The Balaban J connectivity index is 2.92. The lowest BCUT2D eigenvalue weighted by Gasteiger charge is -2.21. The van der Waals surface area contributed by atoms with Crippen LogP contribution in [0.3, 0.4) is 0 Å². The molecule has 0 saturated carbocycles. The summed E-state index contributed by atoms with van der Waals surface area (Å²) in [6, 6.07) is 6.94. The first-order chi connectivity index (χ1) is 16.3. The Morgan fingerprint density at radius 1 is 0.618 bits per heavy atom. The summed E-state index contributed by atoms with van der Waals surface area (Å²) in [5, 5.41) is 0. The maximum atomic E-state index is 13.1. The number of benzene rings is 1. The standard InChI is InChI=1S/C30H50O4/c1-7-9-11-15-25(21-19-23(3)4)33-29(31)27-17-13-14-18-28(27)30(32)34-26(16-12-10-8-2)22-20-24(5)6/h13-14,17-18,23-26H,7-12,15-16,19-22H2,1-6H3. The van der Waals surface area contributed by atoms with Crippen molar-refractivity contribution in [3.8, 4) is 0 Å². The van der Waals surface area contributed by atoms with E-state index in [1.807, 2.05) is 0 Å². The minimum atomic E-state index is -0.414. The van der Waals surface area contributed by atoms with Crippen molar-refractivity contribution in [3.63, 3.8) is 0 Å². The van der Waals surface area contributed by atoms with Crippen molar-refractivity contribution in [2.24, 2.45) is 11.8 Å². The van der Waals surface area contributed by atoms with Gasteiger partial charge in [0.2, 0.25) is 0 Å². The zero-order valence-corrected chi connectivity index (χ0v) is 22.7. The molecule has 2 atom stereocenters. The Bertz CT molecular complexity index is 636. The third-order valence-corrected chi connectivity index (χ3v) is 6.31. The van der Waals surface area contributed by atoms with E-state index in [0.29, 0.717) is 23.0 Å². The number of carbonyl (C=O) groups is 2. The van der Waals surface area contributed by atoms with Gasteiger partial charge >= 0.3 is 11.9 Å². The summed E-state index contributed by atoms with van der Waals surface area (Å²) in [6.45, 7) is 13.1. The monoisotopic (exact) mass is 474 g/mol. The van der Waals surface area contributed by atoms with Gasteiger partial charge in [-0.15, -0.1) is 0 Å². The molecule has 0 aliphatic heterocycles. The average molecular weight is 475 g/mol. The molecule has 0 aromatic heterocycles. The molecule has 0 fully saturated rings. The average Bonchev–Trinajstić information content (AvgIpc) is 2.80. The van der Waals surface area contributed by atoms with Crippen molar-refractivity contribution in [1.82, 2.24) is 0 Å². The van der Waals surface area contributed by atoms with Gasteiger partial charge in [-0.3, -0.25) is 0 Å². The second-order valence-electron chi connectivity index (χ2n) is 10.5. The van der Waals surface area contributed by atoms with Gasteiger partial charge in [0.05, 0.1) is 11.1 Å². The van der Waals surface area contributed by atoms with E-state index in [1.54, 1.807) is 24.3 Å². The van der Waals surface area contributed by atoms with Gasteiger partial charge in [-0.25, -0.2) is 9.59 Å². The molecule has 0 N–H and O–H groups in total. The summed E-state index contributed by atoms with van der Waals surface area (Å²) in [4.78, 5) is 26.3.